The minimum Gasteiger partial charge on any atom is -0.396 e. The zero-order valence-corrected chi connectivity index (χ0v) is 11.3. The van der Waals surface area contributed by atoms with Gasteiger partial charge in [0.25, 0.3) is 0 Å². The quantitative estimate of drug-likeness (QED) is 0.689. The third-order valence-corrected chi connectivity index (χ3v) is 3.69. The largest absolute Gasteiger partial charge is 0.396 e. The Morgan fingerprint density at radius 1 is 1.41 bits per heavy atom. The molecule has 0 aromatic carbocycles. The number of aliphatic hydroxyl groups is 1. The Kier molecular flexibility index (Phi) is 5.25. The predicted molar refractivity (Wildman–Crippen MR) is 68.8 cm³/mol. The number of amides is 2. The molecule has 1 aliphatic carbocycles. The van der Waals surface area contributed by atoms with E-state index in [2.05, 4.69) is 17.6 Å². The van der Waals surface area contributed by atoms with Gasteiger partial charge in [-0.3, -0.25) is 0 Å². The lowest BCUT2D eigenvalue weighted by molar-refractivity contribution is 0.199. The lowest BCUT2D eigenvalue weighted by Crippen LogP contribution is -2.46. The van der Waals surface area contributed by atoms with Gasteiger partial charge in [0, 0.05) is 19.2 Å². The Hall–Kier alpha value is -0.770. The van der Waals surface area contributed by atoms with Gasteiger partial charge in [-0.1, -0.05) is 27.2 Å². The SMILES string of the molecule is CC1CCCC1NC(=O)NCC(C)(C)CCO. The van der Waals surface area contributed by atoms with Crippen LogP contribution in [0.4, 0.5) is 4.79 Å². The Bertz CT molecular complexity index is 254. The molecule has 0 aromatic rings. The van der Waals surface area contributed by atoms with Crippen molar-refractivity contribution in [1.82, 2.24) is 10.6 Å². The summed E-state index contributed by atoms with van der Waals surface area (Å²) < 4.78 is 0. The summed E-state index contributed by atoms with van der Waals surface area (Å²) in [5.74, 6) is 0.589. The third-order valence-electron chi connectivity index (χ3n) is 3.69. The normalized spacial score (nSPS) is 24.7. The average Bonchev–Trinajstić information content (AvgIpc) is 2.62. The minimum absolute atomic E-state index is 0.0482. The van der Waals surface area contributed by atoms with E-state index in [0.29, 0.717) is 24.9 Å². The average molecular weight is 242 g/mol. The molecule has 0 aliphatic heterocycles. The molecule has 1 fully saturated rings. The van der Waals surface area contributed by atoms with Gasteiger partial charge in [0.2, 0.25) is 0 Å². The molecule has 0 aromatic heterocycles. The molecule has 3 N–H and O–H groups in total. The van der Waals surface area contributed by atoms with Crippen LogP contribution in [-0.2, 0) is 0 Å². The summed E-state index contributed by atoms with van der Waals surface area (Å²) >= 11 is 0. The molecule has 4 nitrogen and oxygen atoms in total. The molecule has 0 heterocycles. The van der Waals surface area contributed by atoms with E-state index in [1.165, 1.54) is 12.8 Å². The van der Waals surface area contributed by atoms with Crippen molar-refractivity contribution in [3.8, 4) is 0 Å². The Labute approximate surface area is 104 Å². The van der Waals surface area contributed by atoms with Crippen LogP contribution in [0.2, 0.25) is 0 Å². The second-order valence-corrected chi connectivity index (χ2v) is 5.98. The monoisotopic (exact) mass is 242 g/mol. The summed E-state index contributed by atoms with van der Waals surface area (Å²) in [6.07, 6.45) is 4.21. The van der Waals surface area contributed by atoms with E-state index >= 15 is 0 Å². The van der Waals surface area contributed by atoms with Crippen LogP contribution in [0.3, 0.4) is 0 Å². The zero-order valence-electron chi connectivity index (χ0n) is 11.3. The van der Waals surface area contributed by atoms with E-state index in [0.717, 1.165) is 6.42 Å². The molecule has 4 heteroatoms. The number of urea groups is 1. The fraction of sp³-hybridized carbons (Fsp3) is 0.923. The number of carbonyl (C=O) groups excluding carboxylic acids is 1. The molecule has 0 bridgehead atoms. The van der Waals surface area contributed by atoms with Crippen LogP contribution in [0.25, 0.3) is 0 Å². The highest BCUT2D eigenvalue weighted by atomic mass is 16.3. The molecule has 2 atom stereocenters. The molecule has 0 spiro atoms. The van der Waals surface area contributed by atoms with Crippen LogP contribution < -0.4 is 10.6 Å². The standard InChI is InChI=1S/C13H26N2O2/c1-10-5-4-6-11(10)15-12(17)14-9-13(2,3)7-8-16/h10-11,16H,4-9H2,1-3H3,(H2,14,15,17). The van der Waals surface area contributed by atoms with Crippen molar-refractivity contribution in [2.24, 2.45) is 11.3 Å². The van der Waals surface area contributed by atoms with Gasteiger partial charge in [-0.05, 0) is 30.6 Å². The van der Waals surface area contributed by atoms with Crippen molar-refractivity contribution in [3.05, 3.63) is 0 Å². The van der Waals surface area contributed by atoms with Crippen molar-refractivity contribution in [2.75, 3.05) is 13.2 Å². The highest BCUT2D eigenvalue weighted by Gasteiger charge is 2.25. The topological polar surface area (TPSA) is 61.4 Å². The Morgan fingerprint density at radius 2 is 2.12 bits per heavy atom. The highest BCUT2D eigenvalue weighted by Crippen LogP contribution is 2.24. The maximum absolute atomic E-state index is 11.7. The summed E-state index contributed by atoms with van der Waals surface area (Å²) in [5, 5.41) is 14.8. The van der Waals surface area contributed by atoms with E-state index in [9.17, 15) is 4.79 Å². The van der Waals surface area contributed by atoms with Crippen LogP contribution in [0.1, 0.15) is 46.5 Å². The summed E-state index contributed by atoms with van der Waals surface area (Å²) in [6, 6.07) is 0.255. The van der Waals surface area contributed by atoms with Crippen LogP contribution in [0, 0.1) is 11.3 Å². The molecular formula is C13H26N2O2. The summed E-state index contributed by atoms with van der Waals surface area (Å²) in [5.41, 5.74) is -0.0482. The first-order valence-corrected chi connectivity index (χ1v) is 6.60. The number of carbonyl (C=O) groups is 1. The molecule has 1 aliphatic rings. The number of hydrogen-bond donors (Lipinski definition) is 3. The zero-order chi connectivity index (χ0) is 12.9. The lowest BCUT2D eigenvalue weighted by Gasteiger charge is -2.25. The molecule has 2 amide bonds. The van der Waals surface area contributed by atoms with Gasteiger partial charge >= 0.3 is 6.03 Å². The first kappa shape index (κ1) is 14.3. The van der Waals surface area contributed by atoms with Crippen molar-refractivity contribution in [2.45, 2.75) is 52.5 Å². The van der Waals surface area contributed by atoms with Crippen LogP contribution in [0.15, 0.2) is 0 Å². The second kappa shape index (κ2) is 6.24. The minimum atomic E-state index is -0.0743. The fourth-order valence-corrected chi connectivity index (χ4v) is 2.29. The van der Waals surface area contributed by atoms with Crippen molar-refractivity contribution in [1.29, 1.82) is 0 Å². The van der Waals surface area contributed by atoms with Gasteiger partial charge in [-0.15, -0.1) is 0 Å². The van der Waals surface area contributed by atoms with Crippen LogP contribution in [0.5, 0.6) is 0 Å². The Balaban J connectivity index is 2.25. The van der Waals surface area contributed by atoms with Crippen molar-refractivity contribution < 1.29 is 9.90 Å². The highest BCUT2D eigenvalue weighted by molar-refractivity contribution is 5.74. The van der Waals surface area contributed by atoms with Crippen LogP contribution in [-0.4, -0.2) is 30.3 Å². The van der Waals surface area contributed by atoms with Gasteiger partial charge in [-0.25, -0.2) is 4.79 Å². The summed E-state index contributed by atoms with van der Waals surface area (Å²) in [4.78, 5) is 11.7. The van der Waals surface area contributed by atoms with Crippen molar-refractivity contribution >= 4 is 6.03 Å². The van der Waals surface area contributed by atoms with Crippen LogP contribution >= 0.6 is 0 Å². The maximum atomic E-state index is 11.7. The molecule has 0 saturated heterocycles. The molecular weight excluding hydrogens is 216 g/mol. The lowest BCUT2D eigenvalue weighted by atomic mass is 9.90. The van der Waals surface area contributed by atoms with Gasteiger partial charge < -0.3 is 15.7 Å². The first-order chi connectivity index (χ1) is 7.94. The second-order valence-electron chi connectivity index (χ2n) is 5.98. The predicted octanol–water partition coefficient (Wildman–Crippen LogP) is 1.88. The number of nitrogens with one attached hydrogen (secondary N) is 2. The number of rotatable bonds is 5. The number of hydrogen-bond acceptors (Lipinski definition) is 2. The summed E-state index contributed by atoms with van der Waals surface area (Å²) in [6.45, 7) is 7.04. The van der Waals surface area contributed by atoms with Crippen molar-refractivity contribution in [3.63, 3.8) is 0 Å². The fourth-order valence-electron chi connectivity index (χ4n) is 2.29. The van der Waals surface area contributed by atoms with E-state index in [1.54, 1.807) is 0 Å². The molecule has 0 radical (unpaired) electrons. The molecule has 17 heavy (non-hydrogen) atoms. The third kappa shape index (κ3) is 4.94. The Morgan fingerprint density at radius 3 is 2.65 bits per heavy atom. The maximum Gasteiger partial charge on any atom is 0.315 e. The number of aliphatic hydroxyl groups excluding tert-OH is 1. The first-order valence-electron chi connectivity index (χ1n) is 6.60. The van der Waals surface area contributed by atoms with E-state index in [-0.39, 0.29) is 18.1 Å². The van der Waals surface area contributed by atoms with Gasteiger partial charge in [0.15, 0.2) is 0 Å². The molecule has 1 rings (SSSR count). The van der Waals surface area contributed by atoms with E-state index < -0.39 is 0 Å². The van der Waals surface area contributed by atoms with E-state index in [1.807, 2.05) is 13.8 Å². The smallest absolute Gasteiger partial charge is 0.315 e. The van der Waals surface area contributed by atoms with Gasteiger partial charge in [0.05, 0.1) is 0 Å². The van der Waals surface area contributed by atoms with Gasteiger partial charge in [-0.2, -0.15) is 0 Å². The summed E-state index contributed by atoms with van der Waals surface area (Å²) in [7, 11) is 0. The molecule has 2 unspecified atom stereocenters. The van der Waals surface area contributed by atoms with Gasteiger partial charge in [0.1, 0.15) is 0 Å². The molecule has 1 saturated carbocycles. The van der Waals surface area contributed by atoms with E-state index in [4.69, 9.17) is 5.11 Å². The molecule has 100 valence electrons.